The summed E-state index contributed by atoms with van der Waals surface area (Å²) in [5, 5.41) is 14.9. The number of oxime groups is 1. The molecule has 0 spiro atoms. The predicted octanol–water partition coefficient (Wildman–Crippen LogP) is 4.16. The molecule has 2 aromatic carbocycles. The lowest BCUT2D eigenvalue weighted by molar-refractivity contribution is -0.136. The Morgan fingerprint density at radius 1 is 1.21 bits per heavy atom. The van der Waals surface area contributed by atoms with Crippen LogP contribution in [-0.2, 0) is 17.0 Å². The summed E-state index contributed by atoms with van der Waals surface area (Å²) >= 11 is 0. The highest BCUT2D eigenvalue weighted by atomic mass is 19.1. The Hall–Kier alpha value is -3.39. The molecule has 1 aromatic heterocycles. The number of halogens is 1. The molecule has 2 aliphatic rings. The molecule has 34 heavy (non-hydrogen) atoms. The van der Waals surface area contributed by atoms with E-state index in [1.54, 1.807) is 25.6 Å². The molecule has 3 heterocycles. The first kappa shape index (κ1) is 22.4. The van der Waals surface area contributed by atoms with Gasteiger partial charge in [-0.2, -0.15) is 0 Å². The van der Waals surface area contributed by atoms with Gasteiger partial charge in [0.15, 0.2) is 5.84 Å². The average molecular weight is 465 g/mol. The number of rotatable bonds is 6. The van der Waals surface area contributed by atoms with Crippen LogP contribution in [0, 0.1) is 18.7 Å². The fourth-order valence-corrected chi connectivity index (χ4v) is 5.00. The molecule has 2 aliphatic heterocycles. The number of methoxy groups -OCH3 is 1. The van der Waals surface area contributed by atoms with E-state index in [0.29, 0.717) is 5.56 Å². The fraction of sp³-hybridized carbons (Fsp3) is 0.385. The number of aliphatic hydroxyl groups is 1. The lowest BCUT2D eigenvalue weighted by Crippen LogP contribution is -2.50. The van der Waals surface area contributed by atoms with Crippen molar-refractivity contribution < 1.29 is 19.1 Å². The smallest absolute Gasteiger partial charge is 0.260 e. The van der Waals surface area contributed by atoms with Gasteiger partial charge in [0.05, 0.1) is 24.8 Å². The molecule has 3 aromatic rings. The van der Waals surface area contributed by atoms with Crippen molar-refractivity contribution in [1.82, 2.24) is 14.5 Å². The molecule has 0 aliphatic carbocycles. The van der Waals surface area contributed by atoms with Crippen LogP contribution in [-0.4, -0.2) is 45.7 Å². The fourth-order valence-electron chi connectivity index (χ4n) is 5.00. The number of ether oxygens (including phenoxy) is 1. The van der Waals surface area contributed by atoms with Crippen LogP contribution in [0.25, 0.3) is 5.69 Å². The number of aryl methyl sites for hydroxylation is 1. The minimum absolute atomic E-state index is 0.127. The predicted molar refractivity (Wildman–Crippen MR) is 126 cm³/mol. The van der Waals surface area contributed by atoms with Crippen LogP contribution in [0.3, 0.4) is 0 Å². The number of nitrogens with zero attached hydrogens (tertiary/aromatic N) is 4. The number of hydrogen-bond donors (Lipinski definition) is 1. The van der Waals surface area contributed by atoms with Crippen molar-refractivity contribution in [2.24, 2.45) is 11.1 Å². The van der Waals surface area contributed by atoms with Crippen LogP contribution >= 0.6 is 0 Å². The molecule has 0 saturated carbocycles. The van der Waals surface area contributed by atoms with Crippen molar-refractivity contribution in [3.8, 4) is 11.4 Å². The van der Waals surface area contributed by atoms with Crippen molar-refractivity contribution >= 4 is 5.84 Å². The van der Waals surface area contributed by atoms with Crippen molar-refractivity contribution in [1.29, 1.82) is 0 Å². The Labute approximate surface area is 198 Å². The van der Waals surface area contributed by atoms with Gasteiger partial charge in [0, 0.05) is 24.2 Å². The second kappa shape index (κ2) is 9.10. The normalized spacial score (nSPS) is 22.1. The first-order chi connectivity index (χ1) is 16.5. The van der Waals surface area contributed by atoms with E-state index in [1.165, 1.54) is 12.1 Å². The van der Waals surface area contributed by atoms with E-state index in [4.69, 9.17) is 9.57 Å². The molecule has 0 amide bonds. The maximum absolute atomic E-state index is 13.5. The largest absolute Gasteiger partial charge is 0.495 e. The van der Waals surface area contributed by atoms with E-state index in [-0.39, 0.29) is 18.3 Å². The zero-order chi connectivity index (χ0) is 23.7. The van der Waals surface area contributed by atoms with Crippen LogP contribution in [0.15, 0.2) is 60.1 Å². The molecule has 5 rings (SSSR count). The Morgan fingerprint density at radius 3 is 2.74 bits per heavy atom. The maximum Gasteiger partial charge on any atom is 0.260 e. The molecular weight excluding hydrogens is 435 g/mol. The van der Waals surface area contributed by atoms with Crippen LogP contribution in [0.2, 0.25) is 0 Å². The van der Waals surface area contributed by atoms with Crippen molar-refractivity contribution in [3.05, 3.63) is 77.6 Å². The highest BCUT2D eigenvalue weighted by Gasteiger charge is 2.49. The average Bonchev–Trinajstić information content (AvgIpc) is 3.39. The zero-order valence-electron chi connectivity index (χ0n) is 19.4. The van der Waals surface area contributed by atoms with Gasteiger partial charge in [-0.1, -0.05) is 17.6 Å². The van der Waals surface area contributed by atoms with Crippen LogP contribution in [0.1, 0.15) is 36.1 Å². The summed E-state index contributed by atoms with van der Waals surface area (Å²) < 4.78 is 21.2. The quantitative estimate of drug-likeness (QED) is 0.593. The highest BCUT2D eigenvalue weighted by Crippen LogP contribution is 2.40. The summed E-state index contributed by atoms with van der Waals surface area (Å²) in [6, 6.07) is 12.3. The van der Waals surface area contributed by atoms with E-state index >= 15 is 0 Å². The molecule has 178 valence electrons. The third-order valence-electron chi connectivity index (χ3n) is 6.78. The molecule has 0 bridgehead atoms. The van der Waals surface area contributed by atoms with Gasteiger partial charge in [-0.05, 0) is 68.1 Å². The summed E-state index contributed by atoms with van der Waals surface area (Å²) in [6.45, 7) is 2.40. The number of amidine groups is 1. The van der Waals surface area contributed by atoms with Crippen LogP contribution in [0.4, 0.5) is 4.39 Å². The third kappa shape index (κ3) is 3.92. The van der Waals surface area contributed by atoms with E-state index in [9.17, 15) is 9.50 Å². The second-order valence-electron chi connectivity index (χ2n) is 8.97. The number of aliphatic hydroxyl groups excluding tert-OH is 1. The standard InChI is InChI=1S/C26H29FN4O3/c1-18-15-30(17-28-18)23-11-6-19(14-24(23)33-2)13-20-5-3-4-12-31-25(20)29-34-26(31,16-32)21-7-9-22(27)10-8-21/h6-11,14-15,17,20,32H,3-5,12-13,16H2,1-2H3. The van der Waals surface area contributed by atoms with Crippen LogP contribution in [0.5, 0.6) is 5.75 Å². The first-order valence-corrected chi connectivity index (χ1v) is 11.6. The van der Waals surface area contributed by atoms with Gasteiger partial charge in [-0.3, -0.25) is 0 Å². The summed E-state index contributed by atoms with van der Waals surface area (Å²) in [5.74, 6) is 1.42. The Kier molecular flexibility index (Phi) is 6.00. The number of benzene rings is 2. The first-order valence-electron chi connectivity index (χ1n) is 11.6. The third-order valence-corrected chi connectivity index (χ3v) is 6.78. The summed E-state index contributed by atoms with van der Waals surface area (Å²) in [6.07, 6.45) is 7.50. The SMILES string of the molecule is COc1cc(CC2CCCCN3C2=NOC3(CO)c2ccc(F)cc2)ccc1-n1cnc(C)c1. The van der Waals surface area contributed by atoms with Gasteiger partial charge in [0.1, 0.15) is 18.2 Å². The van der Waals surface area contributed by atoms with E-state index in [0.717, 1.165) is 60.8 Å². The van der Waals surface area contributed by atoms with Gasteiger partial charge < -0.3 is 24.1 Å². The second-order valence-corrected chi connectivity index (χ2v) is 8.97. The molecule has 1 saturated heterocycles. The molecule has 8 heteroatoms. The van der Waals surface area contributed by atoms with Crippen molar-refractivity contribution in [3.63, 3.8) is 0 Å². The Bertz CT molecular complexity index is 1190. The molecule has 7 nitrogen and oxygen atoms in total. The molecule has 1 fully saturated rings. The molecule has 1 N–H and O–H groups in total. The maximum atomic E-state index is 13.5. The van der Waals surface area contributed by atoms with Gasteiger partial charge in [-0.15, -0.1) is 0 Å². The lowest BCUT2D eigenvalue weighted by atomic mass is 9.92. The highest BCUT2D eigenvalue weighted by molar-refractivity contribution is 5.86. The van der Waals surface area contributed by atoms with E-state index in [1.807, 2.05) is 23.8 Å². The topological polar surface area (TPSA) is 72.1 Å². The van der Waals surface area contributed by atoms with Gasteiger partial charge in [0.2, 0.25) is 0 Å². The lowest BCUT2D eigenvalue weighted by Gasteiger charge is -2.36. The minimum Gasteiger partial charge on any atom is -0.495 e. The minimum atomic E-state index is -1.12. The monoisotopic (exact) mass is 464 g/mol. The molecule has 2 atom stereocenters. The van der Waals surface area contributed by atoms with Gasteiger partial charge >= 0.3 is 0 Å². The van der Waals surface area contributed by atoms with E-state index in [2.05, 4.69) is 27.2 Å². The number of imidazole rings is 1. The Balaban J connectivity index is 1.42. The number of hydrogen-bond acceptors (Lipinski definition) is 6. The number of fused-ring (bicyclic) bond motifs is 1. The summed E-state index contributed by atoms with van der Waals surface area (Å²) in [7, 11) is 1.67. The molecule has 2 unspecified atom stereocenters. The Morgan fingerprint density at radius 2 is 2.03 bits per heavy atom. The van der Waals surface area contributed by atoms with E-state index < -0.39 is 5.72 Å². The molecule has 0 radical (unpaired) electrons. The van der Waals surface area contributed by atoms with Gasteiger partial charge in [-0.25, -0.2) is 9.37 Å². The van der Waals surface area contributed by atoms with Crippen molar-refractivity contribution in [2.75, 3.05) is 20.3 Å². The van der Waals surface area contributed by atoms with Crippen molar-refractivity contribution in [2.45, 2.75) is 38.3 Å². The van der Waals surface area contributed by atoms with Gasteiger partial charge in [0.25, 0.3) is 5.72 Å². The summed E-state index contributed by atoms with van der Waals surface area (Å²) in [4.78, 5) is 12.3. The zero-order valence-corrected chi connectivity index (χ0v) is 19.4. The van der Waals surface area contributed by atoms with Crippen LogP contribution < -0.4 is 4.74 Å². The number of aromatic nitrogens is 2. The summed E-state index contributed by atoms with van der Waals surface area (Å²) in [5.41, 5.74) is 2.59. The molecular formula is C26H29FN4O3.